The summed E-state index contributed by atoms with van der Waals surface area (Å²) < 4.78 is 5.66. The van der Waals surface area contributed by atoms with Gasteiger partial charge in [-0.05, 0) is 63.6 Å². The van der Waals surface area contributed by atoms with Crippen LogP contribution in [0.3, 0.4) is 0 Å². The molecule has 0 bridgehead atoms. The maximum Gasteiger partial charge on any atom is 0.161 e. The third-order valence-electron chi connectivity index (χ3n) is 2.66. The van der Waals surface area contributed by atoms with Crippen molar-refractivity contribution in [3.05, 3.63) is 23.8 Å². The minimum absolute atomic E-state index is 0.257. The summed E-state index contributed by atoms with van der Waals surface area (Å²) >= 11 is 0. The molecule has 2 heteroatoms. The lowest BCUT2D eigenvalue weighted by molar-refractivity contribution is 0.126. The summed E-state index contributed by atoms with van der Waals surface area (Å²) in [6, 6.07) is 5.76. The van der Waals surface area contributed by atoms with Gasteiger partial charge in [-0.15, -0.1) is 0 Å². The van der Waals surface area contributed by atoms with Gasteiger partial charge >= 0.3 is 0 Å². The molecule has 1 aromatic rings. The average molecular weight is 220 g/mol. The standard InChI is InChI=1S/C14H20O2/c1-14(2,3)16-13-7-6-11(9-12(13)15)8-10-4-5-10/h6-7,9-10,15H,4-5,8H2,1-3H3. The molecule has 0 saturated heterocycles. The number of rotatable bonds is 3. The van der Waals surface area contributed by atoms with Gasteiger partial charge in [0, 0.05) is 0 Å². The maximum atomic E-state index is 9.86. The number of aromatic hydroxyl groups is 1. The summed E-state index contributed by atoms with van der Waals surface area (Å²) in [5, 5.41) is 9.86. The predicted molar refractivity (Wildman–Crippen MR) is 64.9 cm³/mol. The lowest BCUT2D eigenvalue weighted by Gasteiger charge is -2.22. The fourth-order valence-corrected chi connectivity index (χ4v) is 1.76. The molecular weight excluding hydrogens is 200 g/mol. The van der Waals surface area contributed by atoms with Crippen LogP contribution in [0.1, 0.15) is 39.2 Å². The van der Waals surface area contributed by atoms with Gasteiger partial charge in [0.05, 0.1) is 0 Å². The zero-order valence-corrected chi connectivity index (χ0v) is 10.3. The third kappa shape index (κ3) is 3.16. The molecule has 0 radical (unpaired) electrons. The quantitative estimate of drug-likeness (QED) is 0.844. The van der Waals surface area contributed by atoms with E-state index >= 15 is 0 Å². The summed E-state index contributed by atoms with van der Waals surface area (Å²) in [4.78, 5) is 0. The first kappa shape index (κ1) is 11.3. The number of phenols is 1. The highest BCUT2D eigenvalue weighted by atomic mass is 16.5. The highest BCUT2D eigenvalue weighted by Gasteiger charge is 2.22. The number of hydrogen-bond acceptors (Lipinski definition) is 2. The molecule has 0 atom stereocenters. The molecule has 1 aromatic carbocycles. The van der Waals surface area contributed by atoms with E-state index in [4.69, 9.17) is 4.74 Å². The fraction of sp³-hybridized carbons (Fsp3) is 0.571. The Labute approximate surface area is 97.3 Å². The Hall–Kier alpha value is -1.18. The first-order valence-electron chi connectivity index (χ1n) is 5.95. The van der Waals surface area contributed by atoms with E-state index in [1.165, 1.54) is 18.4 Å². The lowest BCUT2D eigenvalue weighted by Crippen LogP contribution is -2.22. The van der Waals surface area contributed by atoms with Gasteiger partial charge in [-0.1, -0.05) is 6.07 Å². The molecule has 0 heterocycles. The van der Waals surface area contributed by atoms with Gasteiger partial charge in [-0.25, -0.2) is 0 Å². The second-order valence-electron chi connectivity index (χ2n) is 5.66. The van der Waals surface area contributed by atoms with Crippen LogP contribution in [0.15, 0.2) is 18.2 Å². The van der Waals surface area contributed by atoms with Crippen molar-refractivity contribution in [1.29, 1.82) is 0 Å². The molecule has 2 nitrogen and oxygen atoms in total. The van der Waals surface area contributed by atoms with E-state index in [-0.39, 0.29) is 11.4 Å². The van der Waals surface area contributed by atoms with Crippen molar-refractivity contribution < 1.29 is 9.84 Å². The van der Waals surface area contributed by atoms with Crippen molar-refractivity contribution >= 4 is 0 Å². The highest BCUT2D eigenvalue weighted by Crippen LogP contribution is 2.35. The maximum absolute atomic E-state index is 9.86. The van der Waals surface area contributed by atoms with Gasteiger partial charge in [0.25, 0.3) is 0 Å². The van der Waals surface area contributed by atoms with Crippen molar-refractivity contribution in [3.8, 4) is 11.5 Å². The molecule has 2 rings (SSSR count). The Morgan fingerprint density at radius 2 is 2.00 bits per heavy atom. The minimum Gasteiger partial charge on any atom is -0.504 e. The van der Waals surface area contributed by atoms with E-state index in [1.54, 1.807) is 0 Å². The van der Waals surface area contributed by atoms with Crippen LogP contribution in [0, 0.1) is 5.92 Å². The number of phenolic OH excluding ortho intramolecular Hbond substituents is 1. The Morgan fingerprint density at radius 1 is 1.31 bits per heavy atom. The molecule has 1 saturated carbocycles. The van der Waals surface area contributed by atoms with E-state index in [1.807, 2.05) is 32.9 Å². The third-order valence-corrected chi connectivity index (χ3v) is 2.66. The largest absolute Gasteiger partial charge is 0.504 e. The number of benzene rings is 1. The van der Waals surface area contributed by atoms with Gasteiger partial charge in [-0.3, -0.25) is 0 Å². The molecule has 0 unspecified atom stereocenters. The van der Waals surface area contributed by atoms with Crippen LogP contribution in [-0.4, -0.2) is 10.7 Å². The summed E-state index contributed by atoms with van der Waals surface area (Å²) in [7, 11) is 0. The topological polar surface area (TPSA) is 29.5 Å². The van der Waals surface area contributed by atoms with E-state index in [0.29, 0.717) is 5.75 Å². The van der Waals surface area contributed by atoms with E-state index in [9.17, 15) is 5.11 Å². The highest BCUT2D eigenvalue weighted by molar-refractivity contribution is 5.42. The summed E-state index contributed by atoms with van der Waals surface area (Å²) in [6.07, 6.45) is 3.76. The Bertz CT molecular complexity index is 373. The lowest BCUT2D eigenvalue weighted by atomic mass is 10.1. The van der Waals surface area contributed by atoms with Crippen LogP contribution in [0.5, 0.6) is 11.5 Å². The SMILES string of the molecule is CC(C)(C)Oc1ccc(CC2CC2)cc1O. The fourth-order valence-electron chi connectivity index (χ4n) is 1.76. The normalized spacial score (nSPS) is 16.2. The van der Waals surface area contributed by atoms with E-state index < -0.39 is 0 Å². The van der Waals surface area contributed by atoms with Crippen molar-refractivity contribution in [3.63, 3.8) is 0 Å². The van der Waals surface area contributed by atoms with Gasteiger partial charge in [0.2, 0.25) is 0 Å². The van der Waals surface area contributed by atoms with Gasteiger partial charge in [0.1, 0.15) is 5.60 Å². The van der Waals surface area contributed by atoms with E-state index in [0.717, 1.165) is 12.3 Å². The van der Waals surface area contributed by atoms with Crippen LogP contribution in [0.4, 0.5) is 0 Å². The monoisotopic (exact) mass is 220 g/mol. The minimum atomic E-state index is -0.268. The Kier molecular flexibility index (Phi) is 2.83. The molecule has 0 aromatic heterocycles. The Morgan fingerprint density at radius 3 is 2.50 bits per heavy atom. The molecule has 0 aliphatic heterocycles. The van der Waals surface area contributed by atoms with Gasteiger partial charge in [-0.2, -0.15) is 0 Å². The second kappa shape index (κ2) is 4.00. The predicted octanol–water partition coefficient (Wildman–Crippen LogP) is 3.52. The average Bonchev–Trinajstić information content (AvgIpc) is 2.92. The van der Waals surface area contributed by atoms with Crippen molar-refractivity contribution in [1.82, 2.24) is 0 Å². The molecule has 16 heavy (non-hydrogen) atoms. The summed E-state index contributed by atoms with van der Waals surface area (Å²) in [6.45, 7) is 5.93. The van der Waals surface area contributed by atoms with Crippen molar-refractivity contribution in [2.45, 2.75) is 45.6 Å². The van der Waals surface area contributed by atoms with Crippen LogP contribution in [-0.2, 0) is 6.42 Å². The smallest absolute Gasteiger partial charge is 0.161 e. The van der Waals surface area contributed by atoms with E-state index in [2.05, 4.69) is 6.07 Å². The molecule has 88 valence electrons. The Balaban J connectivity index is 2.09. The number of hydrogen-bond donors (Lipinski definition) is 1. The van der Waals surface area contributed by atoms with Gasteiger partial charge < -0.3 is 9.84 Å². The second-order valence-corrected chi connectivity index (χ2v) is 5.66. The molecule has 0 amide bonds. The van der Waals surface area contributed by atoms with Crippen LogP contribution in [0.2, 0.25) is 0 Å². The molecule has 1 N–H and O–H groups in total. The van der Waals surface area contributed by atoms with Crippen LogP contribution >= 0.6 is 0 Å². The van der Waals surface area contributed by atoms with Crippen LogP contribution < -0.4 is 4.74 Å². The molecule has 0 spiro atoms. The molecule has 1 fully saturated rings. The van der Waals surface area contributed by atoms with Gasteiger partial charge in [0.15, 0.2) is 11.5 Å². The van der Waals surface area contributed by atoms with Crippen molar-refractivity contribution in [2.75, 3.05) is 0 Å². The first-order chi connectivity index (χ1) is 7.44. The summed E-state index contributed by atoms with van der Waals surface area (Å²) in [5.41, 5.74) is 0.941. The molecule has 1 aliphatic rings. The first-order valence-corrected chi connectivity index (χ1v) is 5.95. The summed E-state index contributed by atoms with van der Waals surface area (Å²) in [5.74, 6) is 1.67. The zero-order chi connectivity index (χ0) is 11.8. The van der Waals surface area contributed by atoms with Crippen LogP contribution in [0.25, 0.3) is 0 Å². The number of ether oxygens (including phenoxy) is 1. The zero-order valence-electron chi connectivity index (χ0n) is 10.3. The molecular formula is C14H20O2. The van der Waals surface area contributed by atoms with Crippen molar-refractivity contribution in [2.24, 2.45) is 5.92 Å². The molecule has 1 aliphatic carbocycles.